The number of hydrogen-bond acceptors (Lipinski definition) is 2. The van der Waals surface area contributed by atoms with Crippen LogP contribution in [0.4, 0.5) is 0 Å². The average Bonchev–Trinajstić information content (AvgIpc) is 2.22. The zero-order valence-corrected chi connectivity index (χ0v) is 11.5. The molecule has 84 valence electrons. The summed E-state index contributed by atoms with van der Waals surface area (Å²) in [6, 6.07) is 8.82. The first-order valence-corrected chi connectivity index (χ1v) is 6.48. The molecule has 15 heavy (non-hydrogen) atoms. The predicted molar refractivity (Wildman–Crippen MR) is 73.3 cm³/mol. The van der Waals surface area contributed by atoms with Crippen molar-refractivity contribution in [3.8, 4) is 0 Å². The van der Waals surface area contributed by atoms with Crippen molar-refractivity contribution in [2.75, 3.05) is 0 Å². The van der Waals surface area contributed by atoms with Crippen LogP contribution >= 0.6 is 22.6 Å². The Morgan fingerprint density at radius 1 is 1.33 bits per heavy atom. The lowest BCUT2D eigenvalue weighted by molar-refractivity contribution is 0.368. The quantitative estimate of drug-likeness (QED) is 0.497. The smallest absolute Gasteiger partial charge is 0.0485 e. The lowest BCUT2D eigenvalue weighted by atomic mass is 9.92. The summed E-state index contributed by atoms with van der Waals surface area (Å²) in [6.45, 7) is 4.45. The van der Waals surface area contributed by atoms with E-state index < -0.39 is 0 Å². The first-order valence-electron chi connectivity index (χ1n) is 5.40. The molecule has 0 fully saturated rings. The number of nitrogens with one attached hydrogen (secondary N) is 1. The second kappa shape index (κ2) is 6.45. The van der Waals surface area contributed by atoms with Crippen LogP contribution in [0.1, 0.15) is 38.3 Å². The minimum absolute atomic E-state index is 0.266. The molecule has 0 spiro atoms. The molecule has 0 bridgehead atoms. The molecule has 0 amide bonds. The number of hydrazine groups is 1. The van der Waals surface area contributed by atoms with E-state index in [1.54, 1.807) is 0 Å². The molecule has 3 N–H and O–H groups in total. The largest absolute Gasteiger partial charge is 0.271 e. The summed E-state index contributed by atoms with van der Waals surface area (Å²) in [6.07, 6.45) is 2.39. The third kappa shape index (κ3) is 3.74. The molecule has 0 aliphatic carbocycles. The molecule has 0 saturated carbocycles. The van der Waals surface area contributed by atoms with Gasteiger partial charge in [0.25, 0.3) is 0 Å². The summed E-state index contributed by atoms with van der Waals surface area (Å²) in [5.41, 5.74) is 4.20. The highest BCUT2D eigenvalue weighted by Gasteiger charge is 2.16. The Morgan fingerprint density at radius 3 is 2.40 bits per heavy atom. The monoisotopic (exact) mass is 318 g/mol. The standard InChI is InChI=1S/C12H19IN2/c1-3-4-9(2)12(15-14)10-5-7-11(13)8-6-10/h5-9,12,15H,3-4,14H2,1-2H3. The topological polar surface area (TPSA) is 38.0 Å². The summed E-state index contributed by atoms with van der Waals surface area (Å²) in [5, 5.41) is 0. The number of halogens is 1. The maximum atomic E-state index is 5.62. The van der Waals surface area contributed by atoms with Gasteiger partial charge in [0.1, 0.15) is 0 Å². The first kappa shape index (κ1) is 12.9. The summed E-state index contributed by atoms with van der Waals surface area (Å²) >= 11 is 2.31. The highest BCUT2D eigenvalue weighted by Crippen LogP contribution is 2.25. The van der Waals surface area contributed by atoms with Crippen molar-refractivity contribution in [2.24, 2.45) is 11.8 Å². The highest BCUT2D eigenvalue weighted by atomic mass is 127. The number of benzene rings is 1. The van der Waals surface area contributed by atoms with Crippen molar-refractivity contribution in [1.29, 1.82) is 0 Å². The normalized spacial score (nSPS) is 14.9. The number of hydrogen-bond donors (Lipinski definition) is 2. The molecule has 1 rings (SSSR count). The molecule has 2 atom stereocenters. The molecule has 0 aromatic heterocycles. The molecule has 0 heterocycles. The van der Waals surface area contributed by atoms with Gasteiger partial charge in [-0.15, -0.1) is 0 Å². The van der Waals surface area contributed by atoms with Crippen LogP contribution in [-0.4, -0.2) is 0 Å². The highest BCUT2D eigenvalue weighted by molar-refractivity contribution is 14.1. The van der Waals surface area contributed by atoms with Crippen LogP contribution in [0.3, 0.4) is 0 Å². The van der Waals surface area contributed by atoms with E-state index in [1.165, 1.54) is 22.0 Å². The molecule has 2 unspecified atom stereocenters. The molecular weight excluding hydrogens is 299 g/mol. The van der Waals surface area contributed by atoms with Crippen LogP contribution in [0.15, 0.2) is 24.3 Å². The molecule has 2 nitrogen and oxygen atoms in total. The fourth-order valence-corrected chi connectivity index (χ4v) is 2.24. The van der Waals surface area contributed by atoms with Crippen molar-refractivity contribution < 1.29 is 0 Å². The third-order valence-electron chi connectivity index (χ3n) is 2.72. The fraction of sp³-hybridized carbons (Fsp3) is 0.500. The van der Waals surface area contributed by atoms with Gasteiger partial charge in [-0.2, -0.15) is 0 Å². The summed E-state index contributed by atoms with van der Waals surface area (Å²) in [5.74, 6) is 6.19. The SMILES string of the molecule is CCCC(C)C(NN)c1ccc(I)cc1. The number of rotatable bonds is 5. The van der Waals surface area contributed by atoms with E-state index in [0.717, 1.165) is 0 Å². The summed E-state index contributed by atoms with van der Waals surface area (Å²) < 4.78 is 1.26. The maximum absolute atomic E-state index is 5.62. The van der Waals surface area contributed by atoms with Crippen molar-refractivity contribution >= 4 is 22.6 Å². The lowest BCUT2D eigenvalue weighted by Crippen LogP contribution is -2.32. The average molecular weight is 318 g/mol. The second-order valence-corrected chi connectivity index (χ2v) is 5.21. The summed E-state index contributed by atoms with van der Waals surface area (Å²) in [4.78, 5) is 0. The lowest BCUT2D eigenvalue weighted by Gasteiger charge is -2.23. The van der Waals surface area contributed by atoms with E-state index in [0.29, 0.717) is 5.92 Å². The Kier molecular flexibility index (Phi) is 5.56. The van der Waals surface area contributed by atoms with E-state index >= 15 is 0 Å². The van der Waals surface area contributed by atoms with Crippen molar-refractivity contribution in [2.45, 2.75) is 32.7 Å². The van der Waals surface area contributed by atoms with Crippen LogP contribution < -0.4 is 11.3 Å². The molecule has 0 aliphatic heterocycles. The van der Waals surface area contributed by atoms with Gasteiger partial charge in [0, 0.05) is 9.61 Å². The van der Waals surface area contributed by atoms with E-state index in [1.807, 2.05) is 0 Å². The minimum atomic E-state index is 0.266. The Bertz CT molecular complexity index is 284. The second-order valence-electron chi connectivity index (χ2n) is 3.96. The van der Waals surface area contributed by atoms with Gasteiger partial charge in [-0.3, -0.25) is 11.3 Å². The van der Waals surface area contributed by atoms with E-state index in [9.17, 15) is 0 Å². The van der Waals surface area contributed by atoms with Gasteiger partial charge in [0.05, 0.1) is 0 Å². The first-order chi connectivity index (χ1) is 7.19. The Labute approximate surface area is 106 Å². The van der Waals surface area contributed by atoms with Gasteiger partial charge in [0.2, 0.25) is 0 Å². The van der Waals surface area contributed by atoms with Gasteiger partial charge >= 0.3 is 0 Å². The molecular formula is C12H19IN2. The van der Waals surface area contributed by atoms with E-state index in [-0.39, 0.29) is 6.04 Å². The Hall–Kier alpha value is -0.130. The van der Waals surface area contributed by atoms with Gasteiger partial charge in [-0.05, 0) is 52.6 Å². The third-order valence-corrected chi connectivity index (χ3v) is 3.44. The van der Waals surface area contributed by atoms with Crippen molar-refractivity contribution in [1.82, 2.24) is 5.43 Å². The fourth-order valence-electron chi connectivity index (χ4n) is 1.88. The van der Waals surface area contributed by atoms with E-state index in [4.69, 9.17) is 5.84 Å². The Morgan fingerprint density at radius 2 is 1.93 bits per heavy atom. The van der Waals surface area contributed by atoms with Crippen LogP contribution in [-0.2, 0) is 0 Å². The predicted octanol–water partition coefficient (Wildman–Crippen LogP) is 3.23. The van der Waals surface area contributed by atoms with Gasteiger partial charge in [-0.1, -0.05) is 32.4 Å². The van der Waals surface area contributed by atoms with Gasteiger partial charge in [-0.25, -0.2) is 0 Å². The minimum Gasteiger partial charge on any atom is -0.271 e. The maximum Gasteiger partial charge on any atom is 0.0485 e. The van der Waals surface area contributed by atoms with Crippen LogP contribution in [0.5, 0.6) is 0 Å². The molecule has 1 aromatic carbocycles. The van der Waals surface area contributed by atoms with Crippen molar-refractivity contribution in [3.63, 3.8) is 0 Å². The summed E-state index contributed by atoms with van der Waals surface area (Å²) in [7, 11) is 0. The van der Waals surface area contributed by atoms with Crippen LogP contribution in [0, 0.1) is 9.49 Å². The Balaban J connectivity index is 2.77. The zero-order valence-electron chi connectivity index (χ0n) is 9.33. The molecule has 0 saturated heterocycles. The molecule has 0 aliphatic rings. The van der Waals surface area contributed by atoms with Gasteiger partial charge in [0.15, 0.2) is 0 Å². The van der Waals surface area contributed by atoms with Gasteiger partial charge < -0.3 is 0 Å². The van der Waals surface area contributed by atoms with E-state index in [2.05, 4.69) is 66.1 Å². The van der Waals surface area contributed by atoms with Crippen LogP contribution in [0.25, 0.3) is 0 Å². The van der Waals surface area contributed by atoms with Crippen molar-refractivity contribution in [3.05, 3.63) is 33.4 Å². The molecule has 3 heteroatoms. The zero-order chi connectivity index (χ0) is 11.3. The number of nitrogens with two attached hydrogens (primary N) is 1. The van der Waals surface area contributed by atoms with Crippen LogP contribution in [0.2, 0.25) is 0 Å². The molecule has 0 radical (unpaired) electrons. The molecule has 1 aromatic rings.